The molecule has 1 fully saturated rings. The van der Waals surface area contributed by atoms with Crippen molar-refractivity contribution in [1.82, 2.24) is 20.1 Å². The van der Waals surface area contributed by atoms with Gasteiger partial charge in [0.1, 0.15) is 5.82 Å². The molecule has 0 bridgehead atoms. The number of benzene rings is 2. The molecule has 29 heavy (non-hydrogen) atoms. The van der Waals surface area contributed by atoms with Crippen LogP contribution in [0, 0.1) is 6.92 Å². The number of H-pyrrole nitrogens is 1. The maximum atomic E-state index is 4.43. The normalized spacial score (nSPS) is 14.9. The fraction of sp³-hybridized carbons (Fsp3) is 0.391. The number of aromatic amines is 1. The van der Waals surface area contributed by atoms with Gasteiger partial charge < -0.3 is 10.2 Å². The molecule has 0 spiro atoms. The van der Waals surface area contributed by atoms with E-state index in [9.17, 15) is 0 Å². The minimum absolute atomic E-state index is 0.733. The number of anilines is 2. The Morgan fingerprint density at radius 1 is 1.03 bits per heavy atom. The van der Waals surface area contributed by atoms with Crippen LogP contribution in [0.1, 0.15) is 24.7 Å². The summed E-state index contributed by atoms with van der Waals surface area (Å²) in [7, 11) is 0. The number of piperazine rings is 1. The van der Waals surface area contributed by atoms with E-state index in [4.69, 9.17) is 0 Å². The minimum atomic E-state index is 0.733. The van der Waals surface area contributed by atoms with Gasteiger partial charge in [-0.1, -0.05) is 37.3 Å². The van der Waals surface area contributed by atoms with Gasteiger partial charge in [-0.05, 0) is 43.7 Å². The summed E-state index contributed by atoms with van der Waals surface area (Å²) in [6.07, 6.45) is 1.23. The molecule has 1 saturated heterocycles. The van der Waals surface area contributed by atoms with Crippen LogP contribution in [0.4, 0.5) is 11.4 Å². The number of nitrogens with one attached hydrogen (secondary N) is 2. The van der Waals surface area contributed by atoms with E-state index in [1.807, 2.05) is 19.1 Å². The summed E-state index contributed by atoms with van der Waals surface area (Å²) in [6, 6.07) is 17.0. The predicted molar refractivity (Wildman–Crippen MR) is 119 cm³/mol. The van der Waals surface area contributed by atoms with Crippen LogP contribution in [0.15, 0.2) is 48.5 Å². The Bertz CT molecular complexity index is 926. The molecule has 3 aromatic rings. The molecule has 2 N–H and O–H groups in total. The molecular formula is C23H30N6. The first-order valence-electron chi connectivity index (χ1n) is 10.5. The molecule has 2 heterocycles. The first kappa shape index (κ1) is 19.5. The lowest BCUT2D eigenvalue weighted by atomic mass is 10.1. The zero-order valence-corrected chi connectivity index (χ0v) is 17.4. The molecule has 6 nitrogen and oxygen atoms in total. The lowest BCUT2D eigenvalue weighted by Gasteiger charge is -2.37. The molecule has 4 rings (SSSR count). The Morgan fingerprint density at radius 3 is 2.62 bits per heavy atom. The van der Waals surface area contributed by atoms with Gasteiger partial charge in [-0.2, -0.15) is 5.10 Å². The highest BCUT2D eigenvalue weighted by Crippen LogP contribution is 2.24. The van der Waals surface area contributed by atoms with Gasteiger partial charge in [0, 0.05) is 49.7 Å². The van der Waals surface area contributed by atoms with Crippen LogP contribution in [0.5, 0.6) is 0 Å². The van der Waals surface area contributed by atoms with Crippen LogP contribution in [0.3, 0.4) is 0 Å². The number of hydrogen-bond acceptors (Lipinski definition) is 5. The molecule has 1 aliphatic rings. The largest absolute Gasteiger partial charge is 0.381 e. The predicted octanol–water partition coefficient (Wildman–Crippen LogP) is 3.92. The summed E-state index contributed by atoms with van der Waals surface area (Å²) < 4.78 is 0. The van der Waals surface area contributed by atoms with Gasteiger partial charge >= 0.3 is 0 Å². The van der Waals surface area contributed by atoms with Crippen LogP contribution >= 0.6 is 0 Å². The minimum Gasteiger partial charge on any atom is -0.381 e. The molecule has 0 saturated carbocycles. The molecular weight excluding hydrogens is 360 g/mol. The van der Waals surface area contributed by atoms with E-state index < -0.39 is 0 Å². The van der Waals surface area contributed by atoms with Crippen molar-refractivity contribution in [3.63, 3.8) is 0 Å². The van der Waals surface area contributed by atoms with Crippen LogP contribution in [-0.4, -0.2) is 52.8 Å². The van der Waals surface area contributed by atoms with Gasteiger partial charge in [-0.25, -0.2) is 4.98 Å². The van der Waals surface area contributed by atoms with Crippen LogP contribution in [-0.2, 0) is 6.54 Å². The van der Waals surface area contributed by atoms with Gasteiger partial charge in [0.25, 0.3) is 0 Å². The Morgan fingerprint density at radius 2 is 1.86 bits per heavy atom. The molecule has 1 aromatic heterocycles. The Labute approximate surface area is 173 Å². The quantitative estimate of drug-likeness (QED) is 0.640. The van der Waals surface area contributed by atoms with Crippen molar-refractivity contribution in [3.8, 4) is 11.4 Å². The molecule has 0 amide bonds. The lowest BCUT2D eigenvalue weighted by molar-refractivity contribution is 0.258. The van der Waals surface area contributed by atoms with Crippen molar-refractivity contribution in [3.05, 3.63) is 59.9 Å². The lowest BCUT2D eigenvalue weighted by Crippen LogP contribution is -2.46. The van der Waals surface area contributed by atoms with E-state index in [1.54, 1.807) is 0 Å². The average molecular weight is 391 g/mol. The van der Waals surface area contributed by atoms with Crippen molar-refractivity contribution >= 4 is 11.4 Å². The van der Waals surface area contributed by atoms with E-state index in [2.05, 4.69) is 73.6 Å². The first-order valence-corrected chi connectivity index (χ1v) is 10.5. The van der Waals surface area contributed by atoms with Crippen LogP contribution < -0.4 is 10.2 Å². The summed E-state index contributed by atoms with van der Waals surface area (Å²) in [4.78, 5) is 9.52. The third kappa shape index (κ3) is 4.77. The van der Waals surface area contributed by atoms with E-state index in [1.165, 1.54) is 24.2 Å². The Hall–Kier alpha value is -2.86. The van der Waals surface area contributed by atoms with Gasteiger partial charge in [-0.3, -0.25) is 10.00 Å². The third-order valence-electron chi connectivity index (χ3n) is 5.45. The van der Waals surface area contributed by atoms with E-state index in [0.29, 0.717) is 0 Å². The molecule has 152 valence electrons. The zero-order chi connectivity index (χ0) is 20.1. The van der Waals surface area contributed by atoms with Crippen molar-refractivity contribution in [2.75, 3.05) is 42.9 Å². The number of nitrogens with zero attached hydrogens (tertiary/aromatic N) is 4. The number of aryl methyl sites for hydroxylation is 1. The summed E-state index contributed by atoms with van der Waals surface area (Å²) in [5, 5.41) is 10.8. The van der Waals surface area contributed by atoms with E-state index >= 15 is 0 Å². The van der Waals surface area contributed by atoms with Crippen molar-refractivity contribution in [2.24, 2.45) is 0 Å². The van der Waals surface area contributed by atoms with Crippen molar-refractivity contribution in [1.29, 1.82) is 0 Å². The summed E-state index contributed by atoms with van der Waals surface area (Å²) in [5.41, 5.74) is 4.76. The summed E-state index contributed by atoms with van der Waals surface area (Å²) in [6.45, 7) is 10.7. The first-order chi connectivity index (χ1) is 14.2. The number of rotatable bonds is 7. The number of aromatic nitrogens is 3. The Balaban J connectivity index is 1.43. The highest BCUT2D eigenvalue weighted by Gasteiger charge is 2.18. The smallest absolute Gasteiger partial charge is 0.181 e. The average Bonchev–Trinajstić information content (AvgIpc) is 3.20. The molecule has 6 heteroatoms. The second-order valence-corrected chi connectivity index (χ2v) is 7.64. The fourth-order valence-corrected chi connectivity index (χ4v) is 3.93. The SMILES string of the molecule is CCCN1CCN(c2ccccc2CNc2cccc(-c3n[nH]c(C)n3)c2)CC1. The van der Waals surface area contributed by atoms with Crippen molar-refractivity contribution in [2.45, 2.75) is 26.8 Å². The van der Waals surface area contributed by atoms with Gasteiger partial charge in [-0.15, -0.1) is 0 Å². The molecule has 0 radical (unpaired) electrons. The monoisotopic (exact) mass is 390 g/mol. The molecule has 2 aromatic carbocycles. The zero-order valence-electron chi connectivity index (χ0n) is 17.4. The van der Waals surface area contributed by atoms with Gasteiger partial charge in [0.15, 0.2) is 5.82 Å². The molecule has 0 unspecified atom stereocenters. The van der Waals surface area contributed by atoms with Crippen molar-refractivity contribution < 1.29 is 0 Å². The van der Waals surface area contributed by atoms with E-state index in [-0.39, 0.29) is 0 Å². The molecule has 0 atom stereocenters. The Kier molecular flexibility index (Phi) is 6.10. The standard InChI is InChI=1S/C23H30N6/c1-3-11-28-12-14-29(15-13-28)22-10-5-4-7-20(22)17-24-21-9-6-8-19(16-21)23-25-18(2)26-27-23/h4-10,16,24H,3,11-15,17H2,1-2H3,(H,25,26,27). The summed E-state index contributed by atoms with van der Waals surface area (Å²) >= 11 is 0. The van der Waals surface area contributed by atoms with E-state index in [0.717, 1.165) is 55.6 Å². The second kappa shape index (κ2) is 9.09. The molecule has 1 aliphatic heterocycles. The summed E-state index contributed by atoms with van der Waals surface area (Å²) in [5.74, 6) is 1.56. The maximum absolute atomic E-state index is 4.43. The van der Waals surface area contributed by atoms with Gasteiger partial charge in [0.05, 0.1) is 0 Å². The number of para-hydroxylation sites is 1. The van der Waals surface area contributed by atoms with Crippen LogP contribution in [0.2, 0.25) is 0 Å². The topological polar surface area (TPSA) is 60.1 Å². The highest BCUT2D eigenvalue weighted by molar-refractivity contribution is 5.63. The van der Waals surface area contributed by atoms with Gasteiger partial charge in [0.2, 0.25) is 0 Å². The fourth-order valence-electron chi connectivity index (χ4n) is 3.93. The highest BCUT2D eigenvalue weighted by atomic mass is 15.3. The maximum Gasteiger partial charge on any atom is 0.181 e. The number of hydrogen-bond donors (Lipinski definition) is 2. The third-order valence-corrected chi connectivity index (χ3v) is 5.45. The molecule has 0 aliphatic carbocycles. The van der Waals surface area contributed by atoms with Crippen LogP contribution in [0.25, 0.3) is 11.4 Å². The second-order valence-electron chi connectivity index (χ2n) is 7.64.